The minimum Gasteiger partial charge on any atom is -0.303 e. The predicted octanol–water partition coefficient (Wildman–Crippen LogP) is 2.45. The molecule has 0 aliphatic rings. The lowest BCUT2D eigenvalue weighted by molar-refractivity contribution is -0.108. The van der Waals surface area contributed by atoms with Crippen LogP contribution in [0.3, 0.4) is 0 Å². The Balaban J connectivity index is 3.20. The fourth-order valence-corrected chi connectivity index (χ4v) is 0.877. The Morgan fingerprint density at radius 3 is 2.15 bits per heavy atom. The molecule has 0 saturated heterocycles. The molecule has 0 radical (unpaired) electrons. The summed E-state index contributed by atoms with van der Waals surface area (Å²) in [7, 11) is 0. The summed E-state index contributed by atoms with van der Waals surface area (Å²) in [5, 5.41) is 0. The fraction of sp³-hybridized carbons (Fsp3) is 0.455. The molecular weight excluding hydrogens is 164 g/mol. The molecule has 0 rings (SSSR count). The Morgan fingerprint density at radius 2 is 1.46 bits per heavy atom. The molecule has 0 N–H and O–H groups in total. The van der Waals surface area contributed by atoms with Crippen LogP contribution in [0.4, 0.5) is 0 Å². The Hall–Kier alpha value is -1.18. The largest absolute Gasteiger partial charge is 0.303 e. The van der Waals surface area contributed by atoms with Crippen LogP contribution >= 0.6 is 0 Å². The van der Waals surface area contributed by atoms with Crippen molar-refractivity contribution in [2.45, 2.75) is 32.1 Å². The van der Waals surface area contributed by atoms with Gasteiger partial charge in [0.2, 0.25) is 0 Å². The van der Waals surface area contributed by atoms with E-state index >= 15 is 0 Å². The second-order valence-corrected chi connectivity index (χ2v) is 2.71. The molecule has 13 heavy (non-hydrogen) atoms. The van der Waals surface area contributed by atoms with E-state index < -0.39 is 0 Å². The van der Waals surface area contributed by atoms with Gasteiger partial charge in [-0.1, -0.05) is 24.3 Å². The molecule has 0 bridgehead atoms. The molecule has 0 unspecified atom stereocenters. The topological polar surface area (TPSA) is 34.1 Å². The first kappa shape index (κ1) is 11.8. The Kier molecular flexibility index (Phi) is 9.84. The van der Waals surface area contributed by atoms with E-state index in [1.807, 2.05) is 24.3 Å². The van der Waals surface area contributed by atoms with E-state index in [2.05, 4.69) is 0 Å². The second kappa shape index (κ2) is 10.8. The number of allylic oxidation sites excluding steroid dienone is 4. The van der Waals surface area contributed by atoms with Crippen molar-refractivity contribution < 1.29 is 9.59 Å². The highest BCUT2D eigenvalue weighted by molar-refractivity contribution is 5.52. The Morgan fingerprint density at radius 1 is 0.769 bits per heavy atom. The van der Waals surface area contributed by atoms with Gasteiger partial charge in [-0.15, -0.1) is 0 Å². The molecule has 72 valence electrons. The second-order valence-electron chi connectivity index (χ2n) is 2.71. The third-order valence-corrected chi connectivity index (χ3v) is 1.56. The van der Waals surface area contributed by atoms with Crippen molar-refractivity contribution in [2.24, 2.45) is 0 Å². The van der Waals surface area contributed by atoms with Crippen LogP contribution in [0.5, 0.6) is 0 Å². The molecule has 0 saturated carbocycles. The van der Waals surface area contributed by atoms with Crippen LogP contribution in [-0.4, -0.2) is 12.6 Å². The number of rotatable bonds is 8. The average Bonchev–Trinajstić information content (AvgIpc) is 2.16. The third kappa shape index (κ3) is 10.8. The highest BCUT2D eigenvalue weighted by Crippen LogP contribution is 1.98. The molecule has 0 aromatic heterocycles. The minimum absolute atomic E-state index is 0.482. The first-order valence-electron chi connectivity index (χ1n) is 4.60. The van der Waals surface area contributed by atoms with Gasteiger partial charge in [-0.25, -0.2) is 0 Å². The molecule has 0 aromatic carbocycles. The molecule has 0 spiro atoms. The van der Waals surface area contributed by atoms with Crippen LogP contribution in [0.15, 0.2) is 24.3 Å². The van der Waals surface area contributed by atoms with E-state index in [4.69, 9.17) is 0 Å². The molecule has 2 heteroatoms. The van der Waals surface area contributed by atoms with Gasteiger partial charge in [0, 0.05) is 12.8 Å². The number of carbonyl (C=O) groups excluding carboxylic acids is 2. The highest BCUT2D eigenvalue weighted by atomic mass is 16.1. The molecule has 0 fully saturated rings. The predicted molar refractivity (Wildman–Crippen MR) is 53.5 cm³/mol. The van der Waals surface area contributed by atoms with Gasteiger partial charge in [0.15, 0.2) is 0 Å². The summed E-state index contributed by atoms with van der Waals surface area (Å²) in [5.41, 5.74) is 0. The number of carbonyl (C=O) groups is 2. The van der Waals surface area contributed by atoms with Gasteiger partial charge < -0.3 is 9.59 Å². The van der Waals surface area contributed by atoms with Gasteiger partial charge in [0.25, 0.3) is 0 Å². The maximum absolute atomic E-state index is 9.95. The zero-order valence-corrected chi connectivity index (χ0v) is 7.82. The summed E-state index contributed by atoms with van der Waals surface area (Å²) in [5.74, 6) is 0. The summed E-state index contributed by atoms with van der Waals surface area (Å²) in [6, 6.07) is 0. The summed E-state index contributed by atoms with van der Waals surface area (Å²) in [6.45, 7) is 0. The molecule has 0 heterocycles. The molecule has 2 nitrogen and oxygen atoms in total. The van der Waals surface area contributed by atoms with E-state index in [0.717, 1.165) is 31.8 Å². The van der Waals surface area contributed by atoms with Crippen molar-refractivity contribution in [2.75, 3.05) is 0 Å². The smallest absolute Gasteiger partial charge is 0.123 e. The van der Waals surface area contributed by atoms with E-state index in [0.29, 0.717) is 12.8 Å². The van der Waals surface area contributed by atoms with Crippen LogP contribution in [0, 0.1) is 0 Å². The van der Waals surface area contributed by atoms with Crippen LogP contribution in [0.2, 0.25) is 0 Å². The summed E-state index contributed by atoms with van der Waals surface area (Å²) >= 11 is 0. The van der Waals surface area contributed by atoms with Crippen molar-refractivity contribution in [3.8, 4) is 0 Å². The lowest BCUT2D eigenvalue weighted by Crippen LogP contribution is -1.75. The number of hydrogen-bond acceptors (Lipinski definition) is 2. The van der Waals surface area contributed by atoms with Gasteiger partial charge in [0.05, 0.1) is 0 Å². The van der Waals surface area contributed by atoms with Gasteiger partial charge in [-0.3, -0.25) is 0 Å². The summed E-state index contributed by atoms with van der Waals surface area (Å²) < 4.78 is 0. The molecule has 0 aliphatic carbocycles. The molecule has 0 atom stereocenters. The maximum atomic E-state index is 9.95. The highest BCUT2D eigenvalue weighted by Gasteiger charge is 1.82. The first-order chi connectivity index (χ1) is 6.41. The monoisotopic (exact) mass is 180 g/mol. The Labute approximate surface area is 79.3 Å². The first-order valence-corrected chi connectivity index (χ1v) is 4.60. The number of hydrogen-bond donors (Lipinski definition) is 0. The summed E-state index contributed by atoms with van der Waals surface area (Å²) in [4.78, 5) is 19.9. The van der Waals surface area contributed by atoms with Gasteiger partial charge >= 0.3 is 0 Å². The number of aldehydes is 2. The van der Waals surface area contributed by atoms with Crippen molar-refractivity contribution in [1.29, 1.82) is 0 Å². The molecule has 0 aliphatic heterocycles. The van der Waals surface area contributed by atoms with Crippen molar-refractivity contribution >= 4 is 12.6 Å². The number of unbranched alkanes of at least 4 members (excludes halogenated alkanes) is 3. The van der Waals surface area contributed by atoms with Crippen LogP contribution in [-0.2, 0) is 9.59 Å². The van der Waals surface area contributed by atoms with E-state index in [-0.39, 0.29) is 0 Å². The van der Waals surface area contributed by atoms with Crippen LogP contribution in [0.25, 0.3) is 0 Å². The van der Waals surface area contributed by atoms with E-state index in [9.17, 15) is 9.59 Å². The van der Waals surface area contributed by atoms with Crippen molar-refractivity contribution in [3.63, 3.8) is 0 Å². The maximum Gasteiger partial charge on any atom is 0.123 e. The average molecular weight is 180 g/mol. The third-order valence-electron chi connectivity index (χ3n) is 1.56. The van der Waals surface area contributed by atoms with E-state index in [1.54, 1.807) is 0 Å². The SMILES string of the molecule is O=CCC=CC=CCCCCC=O. The van der Waals surface area contributed by atoms with Gasteiger partial charge in [0.1, 0.15) is 12.6 Å². The molecule has 0 aromatic rings. The van der Waals surface area contributed by atoms with Crippen LogP contribution in [0.1, 0.15) is 32.1 Å². The normalized spacial score (nSPS) is 11.1. The lowest BCUT2D eigenvalue weighted by Gasteiger charge is -1.89. The molecular formula is C11H16O2. The van der Waals surface area contributed by atoms with Crippen LogP contribution < -0.4 is 0 Å². The lowest BCUT2D eigenvalue weighted by atomic mass is 10.2. The van der Waals surface area contributed by atoms with Crippen molar-refractivity contribution in [1.82, 2.24) is 0 Å². The zero-order chi connectivity index (χ0) is 9.78. The van der Waals surface area contributed by atoms with E-state index in [1.165, 1.54) is 0 Å². The van der Waals surface area contributed by atoms with Crippen molar-refractivity contribution in [3.05, 3.63) is 24.3 Å². The quantitative estimate of drug-likeness (QED) is 0.326. The molecule has 0 amide bonds. The minimum atomic E-state index is 0.482. The van der Waals surface area contributed by atoms with Gasteiger partial charge in [-0.2, -0.15) is 0 Å². The summed E-state index contributed by atoms with van der Waals surface area (Å²) in [6.07, 6.45) is 13.6. The fourth-order valence-electron chi connectivity index (χ4n) is 0.877. The van der Waals surface area contributed by atoms with Gasteiger partial charge in [-0.05, 0) is 19.3 Å². The zero-order valence-electron chi connectivity index (χ0n) is 7.82. The standard InChI is InChI=1S/C11H16O2/c12-10-8-6-4-2-1-3-5-7-9-11-13/h1-2,4,6,10-11H,3,5,7-9H2. The Bertz CT molecular complexity index is 181.